The lowest BCUT2D eigenvalue weighted by molar-refractivity contribution is -0.133. The van der Waals surface area contributed by atoms with Crippen LogP contribution in [0.15, 0.2) is 48.6 Å². The lowest BCUT2D eigenvalue weighted by atomic mass is 9.82. The van der Waals surface area contributed by atoms with Crippen LogP contribution in [0.4, 0.5) is 5.69 Å². The lowest BCUT2D eigenvalue weighted by Crippen LogP contribution is -2.48. The maximum Gasteiger partial charge on any atom is 0.328 e. The minimum absolute atomic E-state index is 0.0331. The standard InChI is InChI=1S/C27H29Cl2N3O4/c1-31(25(34)15-17-4-8-21(28)22(29)14-17)27-20-16-19(30-24(33)10-11-26(35)36)7-5-18(20)6-9-23(27)32-12-2-3-13-32/h4-5,7-8,10-11,14,16,23,27H,2-3,6,9,12-13,15H2,1H3,(H,30,33)(H,35,36). The highest BCUT2D eigenvalue weighted by Gasteiger charge is 2.38. The highest BCUT2D eigenvalue weighted by atomic mass is 35.5. The number of nitrogens with one attached hydrogen (secondary N) is 1. The SMILES string of the molecule is CN(C(=O)Cc1ccc(Cl)c(Cl)c1)C1c2cc(NC(=O)C=CC(=O)O)ccc2CCC1N1CCCC1. The zero-order valence-corrected chi connectivity index (χ0v) is 21.6. The molecule has 7 nitrogen and oxygen atoms in total. The third-order valence-corrected chi connectivity index (χ3v) is 7.68. The molecular weight excluding hydrogens is 501 g/mol. The highest BCUT2D eigenvalue weighted by Crippen LogP contribution is 2.39. The van der Waals surface area contributed by atoms with E-state index in [1.807, 2.05) is 36.2 Å². The quantitative estimate of drug-likeness (QED) is 0.506. The van der Waals surface area contributed by atoms with E-state index in [0.29, 0.717) is 15.7 Å². The molecule has 2 aromatic rings. The summed E-state index contributed by atoms with van der Waals surface area (Å²) in [5, 5.41) is 12.4. The van der Waals surface area contributed by atoms with E-state index in [-0.39, 0.29) is 24.4 Å². The number of carbonyl (C=O) groups is 3. The van der Waals surface area contributed by atoms with Crippen molar-refractivity contribution in [3.05, 3.63) is 75.3 Å². The summed E-state index contributed by atoms with van der Waals surface area (Å²) in [6.07, 6.45) is 6.09. The molecule has 1 saturated heterocycles. The van der Waals surface area contributed by atoms with Crippen LogP contribution in [0.1, 0.15) is 42.0 Å². The van der Waals surface area contributed by atoms with Gasteiger partial charge in [-0.3, -0.25) is 14.5 Å². The summed E-state index contributed by atoms with van der Waals surface area (Å²) >= 11 is 12.2. The van der Waals surface area contributed by atoms with Gasteiger partial charge in [0.25, 0.3) is 0 Å². The van der Waals surface area contributed by atoms with E-state index in [9.17, 15) is 14.4 Å². The summed E-state index contributed by atoms with van der Waals surface area (Å²) in [6.45, 7) is 2.00. The normalized spacial score (nSPS) is 19.8. The number of hydrogen-bond donors (Lipinski definition) is 2. The lowest BCUT2D eigenvalue weighted by Gasteiger charge is -2.43. The molecule has 1 aliphatic carbocycles. The van der Waals surface area contributed by atoms with Gasteiger partial charge in [-0.15, -0.1) is 0 Å². The van der Waals surface area contributed by atoms with Gasteiger partial charge in [0.1, 0.15) is 0 Å². The molecule has 0 saturated carbocycles. The van der Waals surface area contributed by atoms with Crippen molar-refractivity contribution in [1.29, 1.82) is 0 Å². The van der Waals surface area contributed by atoms with Gasteiger partial charge >= 0.3 is 5.97 Å². The predicted octanol–water partition coefficient (Wildman–Crippen LogP) is 4.73. The highest BCUT2D eigenvalue weighted by molar-refractivity contribution is 6.42. The first-order valence-electron chi connectivity index (χ1n) is 12.0. The molecule has 2 atom stereocenters. The number of likely N-dealkylation sites (N-methyl/N-ethyl adjacent to an activating group) is 1. The average Bonchev–Trinajstić information content (AvgIpc) is 3.38. The largest absolute Gasteiger partial charge is 0.478 e. The van der Waals surface area contributed by atoms with Gasteiger partial charge in [-0.2, -0.15) is 0 Å². The van der Waals surface area contributed by atoms with Crippen molar-refractivity contribution in [2.45, 2.75) is 44.2 Å². The first-order chi connectivity index (χ1) is 17.2. The van der Waals surface area contributed by atoms with Gasteiger partial charge < -0.3 is 15.3 Å². The van der Waals surface area contributed by atoms with Gasteiger partial charge in [-0.05, 0) is 79.7 Å². The Balaban J connectivity index is 1.63. The number of aryl methyl sites for hydroxylation is 1. The number of carboxylic acid groups (broad SMARTS) is 1. The summed E-state index contributed by atoms with van der Waals surface area (Å²) in [4.78, 5) is 40.7. The second-order valence-corrected chi connectivity index (χ2v) is 10.1. The Hall–Kier alpha value is -2.87. The molecule has 0 bridgehead atoms. The number of rotatable bonds is 7. The fourth-order valence-electron chi connectivity index (χ4n) is 5.20. The van der Waals surface area contributed by atoms with Crippen LogP contribution in [0.25, 0.3) is 0 Å². The van der Waals surface area contributed by atoms with Gasteiger partial charge in [0, 0.05) is 30.9 Å². The zero-order valence-electron chi connectivity index (χ0n) is 20.0. The van der Waals surface area contributed by atoms with Crippen LogP contribution < -0.4 is 5.32 Å². The number of carboxylic acids is 1. The molecule has 2 N–H and O–H groups in total. The molecule has 2 aromatic carbocycles. The third kappa shape index (κ3) is 6.09. The molecule has 2 aliphatic rings. The van der Waals surface area contributed by atoms with Crippen molar-refractivity contribution in [2.75, 3.05) is 25.5 Å². The van der Waals surface area contributed by atoms with E-state index in [2.05, 4.69) is 10.2 Å². The summed E-state index contributed by atoms with van der Waals surface area (Å²) in [7, 11) is 1.84. The maximum atomic E-state index is 13.5. The summed E-state index contributed by atoms with van der Waals surface area (Å²) in [5.41, 5.74) is 3.50. The smallest absolute Gasteiger partial charge is 0.328 e. The number of nitrogens with zero attached hydrogens (tertiary/aromatic N) is 2. The molecular formula is C27H29Cl2N3O4. The molecule has 9 heteroatoms. The van der Waals surface area contributed by atoms with Crippen molar-refractivity contribution in [2.24, 2.45) is 0 Å². The first kappa shape index (κ1) is 26.2. The van der Waals surface area contributed by atoms with E-state index in [1.54, 1.807) is 12.1 Å². The molecule has 190 valence electrons. The van der Waals surface area contributed by atoms with Gasteiger partial charge in [-0.1, -0.05) is 35.3 Å². The Labute approximate surface area is 220 Å². The predicted molar refractivity (Wildman–Crippen MR) is 140 cm³/mol. The van der Waals surface area contributed by atoms with Crippen LogP contribution >= 0.6 is 23.2 Å². The van der Waals surface area contributed by atoms with Crippen molar-refractivity contribution in [3.8, 4) is 0 Å². The Kier molecular flexibility index (Phi) is 8.34. The number of aliphatic carboxylic acids is 1. The monoisotopic (exact) mass is 529 g/mol. The molecule has 2 unspecified atom stereocenters. The summed E-state index contributed by atoms with van der Waals surface area (Å²) < 4.78 is 0. The Morgan fingerprint density at radius 1 is 1.08 bits per heavy atom. The molecule has 1 aliphatic heterocycles. The van der Waals surface area contributed by atoms with Gasteiger partial charge in [0.2, 0.25) is 11.8 Å². The molecule has 0 aromatic heterocycles. The Morgan fingerprint density at radius 2 is 1.83 bits per heavy atom. The molecule has 4 rings (SSSR count). The number of anilines is 1. The summed E-state index contributed by atoms with van der Waals surface area (Å²) in [6, 6.07) is 10.9. The van der Waals surface area contributed by atoms with Crippen LogP contribution in [0, 0.1) is 0 Å². The van der Waals surface area contributed by atoms with Crippen molar-refractivity contribution < 1.29 is 19.5 Å². The van der Waals surface area contributed by atoms with E-state index < -0.39 is 11.9 Å². The van der Waals surface area contributed by atoms with Crippen LogP contribution in [0.2, 0.25) is 10.0 Å². The van der Waals surface area contributed by atoms with E-state index in [4.69, 9.17) is 28.3 Å². The minimum Gasteiger partial charge on any atom is -0.478 e. The summed E-state index contributed by atoms with van der Waals surface area (Å²) in [5.74, 6) is -1.75. The van der Waals surface area contributed by atoms with Gasteiger partial charge in [0.05, 0.1) is 22.5 Å². The van der Waals surface area contributed by atoms with Gasteiger partial charge in [0.15, 0.2) is 0 Å². The number of carbonyl (C=O) groups excluding carboxylic acids is 2. The third-order valence-electron chi connectivity index (χ3n) is 6.94. The second kappa shape index (κ2) is 11.5. The number of fused-ring (bicyclic) bond motifs is 1. The number of halogens is 2. The zero-order chi connectivity index (χ0) is 25.8. The average molecular weight is 530 g/mol. The molecule has 1 fully saturated rings. The molecule has 0 radical (unpaired) electrons. The van der Waals surface area contributed by atoms with Crippen LogP contribution in [-0.4, -0.2) is 58.9 Å². The van der Waals surface area contributed by atoms with Crippen molar-refractivity contribution in [1.82, 2.24) is 9.80 Å². The second-order valence-electron chi connectivity index (χ2n) is 9.30. The number of amides is 2. The van der Waals surface area contributed by atoms with Crippen LogP contribution in [0.5, 0.6) is 0 Å². The molecule has 0 spiro atoms. The minimum atomic E-state index is -1.19. The van der Waals surface area contributed by atoms with Crippen LogP contribution in [0.3, 0.4) is 0 Å². The molecule has 36 heavy (non-hydrogen) atoms. The number of hydrogen-bond acceptors (Lipinski definition) is 4. The Morgan fingerprint density at radius 3 is 2.53 bits per heavy atom. The maximum absolute atomic E-state index is 13.5. The molecule has 1 heterocycles. The fraction of sp³-hybridized carbons (Fsp3) is 0.370. The van der Waals surface area contributed by atoms with Crippen molar-refractivity contribution in [3.63, 3.8) is 0 Å². The van der Waals surface area contributed by atoms with E-state index in [1.165, 1.54) is 0 Å². The van der Waals surface area contributed by atoms with E-state index >= 15 is 0 Å². The number of likely N-dealkylation sites (tertiary alicyclic amines) is 1. The Bertz CT molecular complexity index is 1190. The fourth-order valence-corrected chi connectivity index (χ4v) is 5.52. The van der Waals surface area contributed by atoms with Gasteiger partial charge in [-0.25, -0.2) is 4.79 Å². The van der Waals surface area contributed by atoms with E-state index in [0.717, 1.165) is 67.6 Å². The number of benzene rings is 2. The van der Waals surface area contributed by atoms with Crippen LogP contribution in [-0.2, 0) is 27.2 Å². The first-order valence-corrected chi connectivity index (χ1v) is 12.8. The van der Waals surface area contributed by atoms with Crippen molar-refractivity contribution >= 4 is 46.7 Å². The molecule has 2 amide bonds. The topological polar surface area (TPSA) is 90.0 Å².